The molecule has 1 amide bonds. The average molecular weight is 563 g/mol. The lowest BCUT2D eigenvalue weighted by Crippen LogP contribution is -2.42. The van der Waals surface area contributed by atoms with Gasteiger partial charge in [0.05, 0.1) is 34.1 Å². The molecule has 0 unspecified atom stereocenters. The molecule has 38 heavy (non-hydrogen) atoms. The summed E-state index contributed by atoms with van der Waals surface area (Å²) in [5, 5.41) is 0.558. The maximum absolute atomic E-state index is 13.4. The van der Waals surface area contributed by atoms with Gasteiger partial charge in [-0.25, -0.2) is 13.2 Å². The molecule has 2 aliphatic heterocycles. The highest BCUT2D eigenvalue weighted by Crippen LogP contribution is 2.38. The van der Waals surface area contributed by atoms with Crippen LogP contribution in [0.4, 0.5) is 0 Å². The fourth-order valence-electron chi connectivity index (χ4n) is 4.64. The van der Waals surface area contributed by atoms with Crippen molar-refractivity contribution in [2.45, 2.75) is 44.8 Å². The van der Waals surface area contributed by atoms with Gasteiger partial charge in [-0.1, -0.05) is 35.9 Å². The molecule has 2 atom stereocenters. The third-order valence-electron chi connectivity index (χ3n) is 6.62. The van der Waals surface area contributed by atoms with Crippen molar-refractivity contribution in [3.8, 4) is 5.75 Å². The van der Waals surface area contributed by atoms with E-state index in [9.17, 15) is 22.6 Å². The van der Waals surface area contributed by atoms with Gasteiger partial charge >= 0.3 is 5.97 Å². The van der Waals surface area contributed by atoms with Crippen molar-refractivity contribution in [1.29, 1.82) is 0 Å². The molecule has 0 radical (unpaired) electrons. The van der Waals surface area contributed by atoms with Crippen LogP contribution in [0.5, 0.6) is 5.75 Å². The highest BCUT2D eigenvalue weighted by atomic mass is 35.5. The van der Waals surface area contributed by atoms with Crippen LogP contribution in [0.2, 0.25) is 5.02 Å². The van der Waals surface area contributed by atoms with Gasteiger partial charge in [0.1, 0.15) is 19.0 Å². The number of allylic oxidation sites excluding steroid dienone is 1. The topological polar surface area (TPSA) is 122 Å². The van der Waals surface area contributed by atoms with Gasteiger partial charge in [0, 0.05) is 29.7 Å². The molecule has 9 nitrogen and oxygen atoms in total. The number of carbonyl (C=O) groups excluding carboxylic acids is 2. The molecule has 1 saturated heterocycles. The minimum atomic E-state index is -4.35. The predicted octanol–water partition coefficient (Wildman–Crippen LogP) is 3.78. The summed E-state index contributed by atoms with van der Waals surface area (Å²) < 4.78 is 48.8. The Kier molecular flexibility index (Phi) is 9.09. The second kappa shape index (κ2) is 12.3. The van der Waals surface area contributed by atoms with Gasteiger partial charge in [-0.3, -0.25) is 4.79 Å². The summed E-state index contributed by atoms with van der Waals surface area (Å²) in [7, 11) is -4.35. The van der Waals surface area contributed by atoms with Gasteiger partial charge in [0.25, 0.3) is 0 Å². The molecule has 4 rings (SSSR count). The summed E-state index contributed by atoms with van der Waals surface area (Å²) in [6, 6.07) is 13.7. The Bertz CT molecular complexity index is 1290. The molecule has 0 saturated carbocycles. The molecule has 2 heterocycles. The summed E-state index contributed by atoms with van der Waals surface area (Å²) in [6.45, 7) is 2.56. The van der Waals surface area contributed by atoms with E-state index >= 15 is 0 Å². The van der Waals surface area contributed by atoms with Crippen LogP contribution in [0.3, 0.4) is 0 Å². The quantitative estimate of drug-likeness (QED) is 0.317. The lowest BCUT2D eigenvalue weighted by atomic mass is 9.83. The molecule has 0 spiro atoms. The number of amides is 1. The first-order chi connectivity index (χ1) is 18.1. The number of hydrogen-bond donors (Lipinski definition) is 0. The molecule has 0 aliphatic carbocycles. The zero-order chi connectivity index (χ0) is 27.3. The zero-order valence-corrected chi connectivity index (χ0v) is 22.5. The zero-order valence-electron chi connectivity index (χ0n) is 20.9. The Hall–Kier alpha value is -2.92. The minimum Gasteiger partial charge on any atom is -0.748 e. The van der Waals surface area contributed by atoms with Crippen molar-refractivity contribution in [1.82, 2.24) is 4.90 Å². The molecule has 2 aromatic carbocycles. The number of esters is 1. The van der Waals surface area contributed by atoms with E-state index in [1.54, 1.807) is 48.2 Å². The van der Waals surface area contributed by atoms with Crippen molar-refractivity contribution in [2.75, 3.05) is 25.5 Å². The van der Waals surface area contributed by atoms with Crippen LogP contribution >= 0.6 is 11.6 Å². The SMILES string of the molecule is CC1=C(C(=O)OCc2ccc(OCCS(=O)(=O)[O-])cc2)[C@@H](c2ccc(Cl)cc2)CC(=O)N1C[C@@H]1CCCO1. The number of benzene rings is 2. The van der Waals surface area contributed by atoms with E-state index in [-0.39, 0.29) is 31.6 Å². The molecule has 1 fully saturated rings. The summed E-state index contributed by atoms with van der Waals surface area (Å²) in [4.78, 5) is 28.2. The summed E-state index contributed by atoms with van der Waals surface area (Å²) in [6.07, 6.45) is 1.87. The maximum atomic E-state index is 13.4. The second-order valence-electron chi connectivity index (χ2n) is 9.28. The van der Waals surface area contributed by atoms with E-state index in [4.69, 9.17) is 25.8 Å². The monoisotopic (exact) mass is 562 g/mol. The van der Waals surface area contributed by atoms with Crippen LogP contribution in [0.15, 0.2) is 59.8 Å². The fraction of sp³-hybridized carbons (Fsp3) is 0.407. The molecule has 2 aromatic rings. The molecular formula is C27H29ClNO8S-. The second-order valence-corrected chi connectivity index (χ2v) is 11.2. The van der Waals surface area contributed by atoms with E-state index in [2.05, 4.69) is 0 Å². The maximum Gasteiger partial charge on any atom is 0.336 e. The smallest absolute Gasteiger partial charge is 0.336 e. The summed E-state index contributed by atoms with van der Waals surface area (Å²) in [5.41, 5.74) is 2.46. The minimum absolute atomic E-state index is 0.0160. The van der Waals surface area contributed by atoms with Crippen molar-refractivity contribution >= 4 is 33.6 Å². The van der Waals surface area contributed by atoms with Gasteiger partial charge in [-0.05, 0) is 55.2 Å². The lowest BCUT2D eigenvalue weighted by molar-refractivity contribution is -0.141. The number of rotatable bonds is 10. The molecular weight excluding hydrogens is 534 g/mol. The van der Waals surface area contributed by atoms with Gasteiger partial charge in [0.2, 0.25) is 5.91 Å². The van der Waals surface area contributed by atoms with E-state index in [1.165, 1.54) is 0 Å². The molecule has 2 aliphatic rings. The standard InChI is InChI=1S/C27H30ClNO8S/c1-18-26(27(31)37-17-19-4-10-22(11-5-19)36-13-14-38(32,33)34)24(20-6-8-21(28)9-7-20)15-25(30)29(18)16-23-3-2-12-35-23/h4-11,23-24H,2-3,12-17H2,1H3,(H,32,33,34)/p-1/t23-,24+/m0/s1. The van der Waals surface area contributed by atoms with Crippen molar-refractivity contribution in [3.63, 3.8) is 0 Å². The fourth-order valence-corrected chi connectivity index (χ4v) is 5.06. The Balaban J connectivity index is 1.49. The van der Waals surface area contributed by atoms with Crippen molar-refractivity contribution in [3.05, 3.63) is 76.0 Å². The number of nitrogens with zero attached hydrogens (tertiary/aromatic N) is 1. The highest BCUT2D eigenvalue weighted by Gasteiger charge is 2.38. The first-order valence-electron chi connectivity index (χ1n) is 12.3. The largest absolute Gasteiger partial charge is 0.748 e. The summed E-state index contributed by atoms with van der Waals surface area (Å²) in [5.74, 6) is -1.30. The Morgan fingerprint density at radius 2 is 1.87 bits per heavy atom. The molecule has 0 N–H and O–H groups in total. The predicted molar refractivity (Wildman–Crippen MR) is 138 cm³/mol. The van der Waals surface area contributed by atoms with Crippen LogP contribution in [-0.4, -0.2) is 61.4 Å². The first-order valence-corrected chi connectivity index (χ1v) is 14.3. The molecule has 11 heteroatoms. The average Bonchev–Trinajstić information content (AvgIpc) is 3.39. The van der Waals surface area contributed by atoms with Crippen LogP contribution in [0.25, 0.3) is 0 Å². The van der Waals surface area contributed by atoms with Crippen molar-refractivity contribution in [2.24, 2.45) is 0 Å². The van der Waals surface area contributed by atoms with E-state index in [0.717, 1.165) is 18.4 Å². The normalized spacial score (nSPS) is 20.1. The third-order valence-corrected chi connectivity index (χ3v) is 7.54. The molecule has 204 valence electrons. The van der Waals surface area contributed by atoms with Crippen LogP contribution in [0, 0.1) is 0 Å². The van der Waals surface area contributed by atoms with E-state index < -0.39 is 27.8 Å². The number of carbonyl (C=O) groups is 2. The van der Waals surface area contributed by atoms with Gasteiger partial charge in [-0.15, -0.1) is 0 Å². The molecule has 0 aromatic heterocycles. The van der Waals surface area contributed by atoms with Gasteiger partial charge < -0.3 is 23.7 Å². The third kappa shape index (κ3) is 7.35. The highest BCUT2D eigenvalue weighted by molar-refractivity contribution is 7.85. The Morgan fingerprint density at radius 1 is 1.16 bits per heavy atom. The lowest BCUT2D eigenvalue weighted by Gasteiger charge is -2.35. The van der Waals surface area contributed by atoms with Gasteiger partial charge in [0.15, 0.2) is 0 Å². The van der Waals surface area contributed by atoms with Gasteiger partial charge in [-0.2, -0.15) is 0 Å². The number of halogens is 1. The van der Waals surface area contributed by atoms with Crippen molar-refractivity contribution < 1.29 is 36.8 Å². The first kappa shape index (κ1) is 28.1. The number of hydrogen-bond acceptors (Lipinski definition) is 8. The van der Waals surface area contributed by atoms with Crippen LogP contribution in [0.1, 0.15) is 43.2 Å². The van der Waals surface area contributed by atoms with Crippen LogP contribution in [-0.2, 0) is 35.8 Å². The van der Waals surface area contributed by atoms with Crippen LogP contribution < -0.4 is 4.74 Å². The molecule has 0 bridgehead atoms. The van der Waals surface area contributed by atoms with E-state index in [0.29, 0.717) is 40.8 Å². The van der Waals surface area contributed by atoms with E-state index in [1.807, 2.05) is 12.1 Å². The Labute approximate surface area is 227 Å². The summed E-state index contributed by atoms with van der Waals surface area (Å²) >= 11 is 6.06. The Morgan fingerprint density at radius 3 is 2.50 bits per heavy atom. The number of ether oxygens (including phenoxy) is 3.